The lowest BCUT2D eigenvalue weighted by Crippen LogP contribution is -2.56. The standard InChI is InChI=1S/C20H20N4O2.CH2O2/c1-14-19(22-17-9-5-6-10-24(14)17)20(26)23-12-16(21-18(25)13-23)11-15-7-3-2-4-8-15;2-1-3/h2-10,16H,11-13H2,1H3,(H,21,25);1H,(H,2,3)/t16-;/m0./s1. The largest absolute Gasteiger partial charge is 0.483 e. The molecule has 1 aliphatic rings. The highest BCUT2D eigenvalue weighted by atomic mass is 16.3. The van der Waals surface area contributed by atoms with Crippen LogP contribution < -0.4 is 5.32 Å². The number of fused-ring (bicyclic) bond motifs is 1. The molecule has 8 nitrogen and oxygen atoms in total. The van der Waals surface area contributed by atoms with Gasteiger partial charge in [-0.05, 0) is 31.0 Å². The fourth-order valence-electron chi connectivity index (χ4n) is 3.46. The summed E-state index contributed by atoms with van der Waals surface area (Å²) in [6.45, 7) is 2.17. The van der Waals surface area contributed by atoms with E-state index >= 15 is 0 Å². The summed E-state index contributed by atoms with van der Waals surface area (Å²) >= 11 is 0. The van der Waals surface area contributed by atoms with E-state index in [1.54, 1.807) is 4.90 Å². The lowest BCUT2D eigenvalue weighted by molar-refractivity contribution is -0.125. The fraction of sp³-hybridized carbons (Fsp3) is 0.238. The zero-order valence-corrected chi connectivity index (χ0v) is 16.0. The van der Waals surface area contributed by atoms with Gasteiger partial charge >= 0.3 is 0 Å². The molecule has 3 heterocycles. The first-order chi connectivity index (χ1) is 14.0. The third-order valence-electron chi connectivity index (χ3n) is 4.72. The molecule has 150 valence electrons. The van der Waals surface area contributed by atoms with Gasteiger partial charge in [-0.15, -0.1) is 0 Å². The molecule has 29 heavy (non-hydrogen) atoms. The molecule has 0 radical (unpaired) electrons. The van der Waals surface area contributed by atoms with E-state index in [1.807, 2.05) is 66.1 Å². The van der Waals surface area contributed by atoms with Crippen LogP contribution in [0.5, 0.6) is 0 Å². The van der Waals surface area contributed by atoms with Crippen LogP contribution in [0, 0.1) is 6.92 Å². The predicted molar refractivity (Wildman–Crippen MR) is 107 cm³/mol. The lowest BCUT2D eigenvalue weighted by atomic mass is 10.0. The third-order valence-corrected chi connectivity index (χ3v) is 4.72. The lowest BCUT2D eigenvalue weighted by Gasteiger charge is -2.33. The Balaban J connectivity index is 0.000000755. The Morgan fingerprint density at radius 3 is 2.62 bits per heavy atom. The van der Waals surface area contributed by atoms with Crippen LogP contribution in [0.15, 0.2) is 54.7 Å². The summed E-state index contributed by atoms with van der Waals surface area (Å²) in [4.78, 5) is 39.6. The Bertz CT molecular complexity index is 1020. The first kappa shape index (κ1) is 20.1. The number of carbonyl (C=O) groups excluding carboxylic acids is 2. The van der Waals surface area contributed by atoms with Gasteiger partial charge in [0.25, 0.3) is 12.4 Å². The topological polar surface area (TPSA) is 104 Å². The fourth-order valence-corrected chi connectivity index (χ4v) is 3.46. The van der Waals surface area contributed by atoms with E-state index in [0.717, 1.165) is 16.9 Å². The van der Waals surface area contributed by atoms with Gasteiger partial charge in [0, 0.05) is 12.7 Å². The van der Waals surface area contributed by atoms with Crippen molar-refractivity contribution in [1.82, 2.24) is 19.6 Å². The summed E-state index contributed by atoms with van der Waals surface area (Å²) in [7, 11) is 0. The van der Waals surface area contributed by atoms with E-state index in [2.05, 4.69) is 10.3 Å². The summed E-state index contributed by atoms with van der Waals surface area (Å²) in [5.74, 6) is -0.328. The average Bonchev–Trinajstić information content (AvgIpc) is 3.05. The first-order valence-corrected chi connectivity index (χ1v) is 9.17. The number of benzene rings is 1. The van der Waals surface area contributed by atoms with Crippen LogP contribution in [0.1, 0.15) is 21.7 Å². The van der Waals surface area contributed by atoms with Gasteiger partial charge in [0.2, 0.25) is 5.91 Å². The maximum atomic E-state index is 13.0. The number of nitrogens with one attached hydrogen (secondary N) is 1. The van der Waals surface area contributed by atoms with Gasteiger partial charge in [0.1, 0.15) is 11.3 Å². The number of aromatic nitrogens is 2. The van der Waals surface area contributed by atoms with E-state index < -0.39 is 0 Å². The number of imidazole rings is 1. The van der Waals surface area contributed by atoms with E-state index in [4.69, 9.17) is 9.90 Å². The number of piperazine rings is 1. The number of pyridine rings is 1. The highest BCUT2D eigenvalue weighted by Gasteiger charge is 2.30. The minimum atomic E-state index is -0.250. The highest BCUT2D eigenvalue weighted by Crippen LogP contribution is 2.16. The van der Waals surface area contributed by atoms with Crippen LogP contribution in [0.3, 0.4) is 0 Å². The summed E-state index contributed by atoms with van der Waals surface area (Å²) in [5, 5.41) is 9.87. The summed E-state index contributed by atoms with van der Waals surface area (Å²) in [5.41, 5.74) is 3.06. The van der Waals surface area contributed by atoms with Crippen LogP contribution in [0.4, 0.5) is 0 Å². The van der Waals surface area contributed by atoms with Crippen molar-refractivity contribution in [3.05, 3.63) is 71.7 Å². The zero-order valence-electron chi connectivity index (χ0n) is 16.0. The summed E-state index contributed by atoms with van der Waals surface area (Å²) < 4.78 is 1.89. The third kappa shape index (κ3) is 4.60. The van der Waals surface area contributed by atoms with Gasteiger partial charge < -0.3 is 19.7 Å². The second-order valence-corrected chi connectivity index (χ2v) is 6.72. The van der Waals surface area contributed by atoms with Crippen molar-refractivity contribution in [2.24, 2.45) is 0 Å². The first-order valence-electron chi connectivity index (χ1n) is 9.17. The highest BCUT2D eigenvalue weighted by molar-refractivity contribution is 5.97. The molecule has 0 aliphatic carbocycles. The van der Waals surface area contributed by atoms with Crippen LogP contribution in [0.2, 0.25) is 0 Å². The molecular formula is C21H22N4O4. The molecule has 2 N–H and O–H groups in total. The van der Waals surface area contributed by atoms with Gasteiger partial charge in [-0.2, -0.15) is 0 Å². The van der Waals surface area contributed by atoms with Crippen LogP contribution >= 0.6 is 0 Å². The number of carboxylic acid groups (broad SMARTS) is 1. The quantitative estimate of drug-likeness (QED) is 0.656. The molecule has 1 atom stereocenters. The Morgan fingerprint density at radius 2 is 1.93 bits per heavy atom. The number of hydrogen-bond acceptors (Lipinski definition) is 4. The molecule has 8 heteroatoms. The molecule has 0 spiro atoms. The Hall–Kier alpha value is -3.68. The van der Waals surface area contributed by atoms with Crippen molar-refractivity contribution >= 4 is 23.9 Å². The SMILES string of the molecule is Cc1c(C(=O)N2CC(=O)N[C@@H](Cc3ccccc3)C2)nc2ccccn12.O=CO. The normalized spacial score (nSPS) is 16.0. The van der Waals surface area contributed by atoms with Crippen molar-refractivity contribution in [2.45, 2.75) is 19.4 Å². The van der Waals surface area contributed by atoms with Crippen molar-refractivity contribution in [1.29, 1.82) is 0 Å². The Kier molecular flexibility index (Phi) is 6.23. The molecule has 1 fully saturated rings. The van der Waals surface area contributed by atoms with Crippen LogP contribution in [-0.4, -0.2) is 56.8 Å². The maximum absolute atomic E-state index is 13.0. The summed E-state index contributed by atoms with van der Waals surface area (Å²) in [6, 6.07) is 15.5. The van der Waals surface area contributed by atoms with Crippen molar-refractivity contribution < 1.29 is 19.5 Å². The average molecular weight is 394 g/mol. The molecule has 2 amide bonds. The number of aryl methyl sites for hydroxylation is 1. The summed E-state index contributed by atoms with van der Waals surface area (Å²) in [6.07, 6.45) is 2.58. The minimum absolute atomic E-state index is 0.0669. The number of hydrogen-bond donors (Lipinski definition) is 2. The van der Waals surface area contributed by atoms with Gasteiger partial charge in [-0.3, -0.25) is 14.4 Å². The zero-order chi connectivity index (χ0) is 20.8. The van der Waals surface area contributed by atoms with Crippen molar-refractivity contribution in [3.63, 3.8) is 0 Å². The maximum Gasteiger partial charge on any atom is 0.290 e. The number of nitrogens with zero attached hydrogens (tertiary/aromatic N) is 3. The Labute approximate surface area is 167 Å². The molecule has 3 aromatic rings. The smallest absolute Gasteiger partial charge is 0.290 e. The second kappa shape index (κ2) is 9.01. The Morgan fingerprint density at radius 1 is 1.24 bits per heavy atom. The van der Waals surface area contributed by atoms with E-state index in [1.165, 1.54) is 0 Å². The number of rotatable bonds is 3. The van der Waals surface area contributed by atoms with E-state index in [9.17, 15) is 9.59 Å². The van der Waals surface area contributed by atoms with Crippen LogP contribution in [0.25, 0.3) is 5.65 Å². The van der Waals surface area contributed by atoms with Gasteiger partial charge in [-0.1, -0.05) is 36.4 Å². The minimum Gasteiger partial charge on any atom is -0.483 e. The molecule has 1 aromatic carbocycles. The molecular weight excluding hydrogens is 372 g/mol. The molecule has 1 aliphatic heterocycles. The molecule has 2 aromatic heterocycles. The second-order valence-electron chi connectivity index (χ2n) is 6.72. The van der Waals surface area contributed by atoms with Crippen molar-refractivity contribution in [2.75, 3.05) is 13.1 Å². The van der Waals surface area contributed by atoms with Crippen LogP contribution in [-0.2, 0) is 16.0 Å². The predicted octanol–water partition coefficient (Wildman–Crippen LogP) is 1.53. The van der Waals surface area contributed by atoms with Gasteiger partial charge in [0.05, 0.1) is 18.3 Å². The van der Waals surface area contributed by atoms with Gasteiger partial charge in [0.15, 0.2) is 0 Å². The molecule has 0 unspecified atom stereocenters. The van der Waals surface area contributed by atoms with E-state index in [-0.39, 0.29) is 30.9 Å². The molecule has 1 saturated heterocycles. The van der Waals surface area contributed by atoms with Crippen molar-refractivity contribution in [3.8, 4) is 0 Å². The molecule has 0 bridgehead atoms. The molecule has 4 rings (SSSR count). The number of amides is 2. The monoisotopic (exact) mass is 394 g/mol. The molecule has 0 saturated carbocycles. The van der Waals surface area contributed by atoms with E-state index in [0.29, 0.717) is 18.7 Å². The van der Waals surface area contributed by atoms with Gasteiger partial charge in [-0.25, -0.2) is 4.98 Å². The number of carbonyl (C=O) groups is 3.